The number of alkyl carbamates (subject to hydrolysis) is 1. The highest BCUT2D eigenvalue weighted by atomic mass is 16.6. The summed E-state index contributed by atoms with van der Waals surface area (Å²) in [6.07, 6.45) is -1.03. The summed E-state index contributed by atoms with van der Waals surface area (Å²) in [4.78, 5) is 23.9. The lowest BCUT2D eigenvalue weighted by molar-refractivity contribution is -0.139. The van der Waals surface area contributed by atoms with Crippen LogP contribution in [-0.2, 0) is 22.6 Å². The van der Waals surface area contributed by atoms with Gasteiger partial charge in [-0.2, -0.15) is 0 Å². The number of aliphatic carboxylic acids is 1. The monoisotopic (exact) mass is 459 g/mol. The topological polar surface area (TPSA) is 135 Å². The number of carboxylic acids is 1. The molecule has 0 heterocycles. The lowest BCUT2D eigenvalue weighted by atomic mass is 9.75. The minimum atomic E-state index is -1.84. The zero-order valence-corrected chi connectivity index (χ0v) is 19.4. The van der Waals surface area contributed by atoms with Gasteiger partial charge in [-0.1, -0.05) is 24.3 Å². The molecule has 0 fully saturated rings. The van der Waals surface area contributed by atoms with Crippen molar-refractivity contribution >= 4 is 24.6 Å². The zero-order chi connectivity index (χ0) is 24.8. The number of carbonyl (C=O) groups is 2. The summed E-state index contributed by atoms with van der Waals surface area (Å²) in [5, 5.41) is 31.9. The van der Waals surface area contributed by atoms with Gasteiger partial charge in [0.25, 0.3) is 0 Å². The summed E-state index contributed by atoms with van der Waals surface area (Å²) in [7, 11) is -0.276. The number of aryl methyl sites for hydroxylation is 1. The highest BCUT2D eigenvalue weighted by molar-refractivity contribution is 6.60. The Balaban J connectivity index is 2.32. The average Bonchev–Trinajstić information content (AvgIpc) is 2.71. The van der Waals surface area contributed by atoms with E-state index in [1.807, 2.05) is 0 Å². The molecule has 0 aliphatic rings. The number of hydrogen-bond donors (Lipinski definition) is 4. The van der Waals surface area contributed by atoms with Gasteiger partial charge in [-0.05, 0) is 56.5 Å². The summed E-state index contributed by atoms with van der Waals surface area (Å²) >= 11 is 0. The van der Waals surface area contributed by atoms with E-state index in [0.29, 0.717) is 16.9 Å². The number of hydrogen-bond acceptors (Lipinski definition) is 7. The van der Waals surface area contributed by atoms with Gasteiger partial charge in [-0.25, -0.2) is 9.59 Å². The van der Waals surface area contributed by atoms with E-state index in [1.165, 1.54) is 0 Å². The summed E-state index contributed by atoms with van der Waals surface area (Å²) in [5.41, 5.74) is 1.08. The summed E-state index contributed by atoms with van der Waals surface area (Å²) < 4.78 is 16.2. The Morgan fingerprint density at radius 1 is 1.09 bits per heavy atom. The van der Waals surface area contributed by atoms with Gasteiger partial charge < -0.3 is 34.7 Å². The van der Waals surface area contributed by atoms with Crippen LogP contribution in [0.4, 0.5) is 4.79 Å². The van der Waals surface area contributed by atoms with E-state index in [2.05, 4.69) is 5.32 Å². The van der Waals surface area contributed by atoms with E-state index >= 15 is 0 Å². The van der Waals surface area contributed by atoms with E-state index in [4.69, 9.17) is 14.2 Å². The van der Waals surface area contributed by atoms with E-state index < -0.39 is 30.8 Å². The first-order valence-electron chi connectivity index (χ1n) is 10.4. The molecule has 0 bridgehead atoms. The molecule has 33 heavy (non-hydrogen) atoms. The molecule has 2 aromatic rings. The van der Waals surface area contributed by atoms with Crippen molar-refractivity contribution < 1.29 is 39.0 Å². The molecule has 0 aliphatic carbocycles. The van der Waals surface area contributed by atoms with E-state index in [9.17, 15) is 24.7 Å². The molecule has 0 radical (unpaired) electrons. The van der Waals surface area contributed by atoms with Crippen molar-refractivity contribution in [2.75, 3.05) is 7.11 Å². The number of rotatable bonds is 9. The van der Waals surface area contributed by atoms with Crippen molar-refractivity contribution in [3.8, 4) is 11.5 Å². The predicted molar refractivity (Wildman–Crippen MR) is 123 cm³/mol. The lowest BCUT2D eigenvalue weighted by Crippen LogP contribution is -2.45. The fourth-order valence-corrected chi connectivity index (χ4v) is 3.14. The molecule has 0 saturated carbocycles. The van der Waals surface area contributed by atoms with Crippen molar-refractivity contribution in [1.29, 1.82) is 0 Å². The average molecular weight is 459 g/mol. The largest absolute Gasteiger partial charge is 0.497 e. The van der Waals surface area contributed by atoms with Crippen LogP contribution in [0.3, 0.4) is 0 Å². The first-order valence-corrected chi connectivity index (χ1v) is 10.4. The molecular weight excluding hydrogens is 429 g/mol. The SMILES string of the molecule is COc1ccc(COc2c(C[C@H](NC(=O)OC(C)(C)C)C(=O)O)ccc(C)c2B(O)O)cc1. The van der Waals surface area contributed by atoms with Crippen LogP contribution < -0.4 is 20.3 Å². The molecular formula is C23H30BNO8. The molecule has 1 atom stereocenters. The zero-order valence-electron chi connectivity index (χ0n) is 19.4. The number of amides is 1. The maximum absolute atomic E-state index is 12.1. The molecule has 0 aromatic heterocycles. The van der Waals surface area contributed by atoms with Crippen LogP contribution in [-0.4, -0.2) is 53.1 Å². The number of carbonyl (C=O) groups excluding carboxylic acids is 1. The number of methoxy groups -OCH3 is 1. The Labute approximate surface area is 193 Å². The molecule has 2 aromatic carbocycles. The van der Waals surface area contributed by atoms with Crippen molar-refractivity contribution in [3.63, 3.8) is 0 Å². The smallest absolute Gasteiger partial charge is 0.492 e. The van der Waals surface area contributed by atoms with Crippen molar-refractivity contribution in [3.05, 3.63) is 53.1 Å². The van der Waals surface area contributed by atoms with Crippen LogP contribution in [0.5, 0.6) is 11.5 Å². The fraction of sp³-hybridized carbons (Fsp3) is 0.391. The van der Waals surface area contributed by atoms with Crippen LogP contribution in [0, 0.1) is 6.92 Å². The summed E-state index contributed by atoms with van der Waals surface area (Å²) in [5.74, 6) is -0.439. The quantitative estimate of drug-likeness (QED) is 0.417. The minimum Gasteiger partial charge on any atom is -0.497 e. The van der Waals surface area contributed by atoms with E-state index in [0.717, 1.165) is 5.56 Å². The van der Waals surface area contributed by atoms with Crippen LogP contribution in [0.2, 0.25) is 0 Å². The van der Waals surface area contributed by atoms with Gasteiger partial charge in [0.05, 0.1) is 7.11 Å². The third-order valence-corrected chi connectivity index (χ3v) is 4.71. The first kappa shape index (κ1) is 26.0. The Kier molecular flexibility index (Phi) is 8.73. The van der Waals surface area contributed by atoms with Crippen LogP contribution in [0.25, 0.3) is 0 Å². The lowest BCUT2D eigenvalue weighted by Gasteiger charge is -2.23. The van der Waals surface area contributed by atoms with Crippen molar-refractivity contribution in [1.82, 2.24) is 5.32 Å². The van der Waals surface area contributed by atoms with Crippen molar-refractivity contribution in [2.45, 2.75) is 52.4 Å². The third kappa shape index (κ3) is 7.69. The van der Waals surface area contributed by atoms with Crippen LogP contribution in [0.15, 0.2) is 36.4 Å². The normalized spacial score (nSPS) is 12.0. The summed E-state index contributed by atoms with van der Waals surface area (Å²) in [6, 6.07) is 9.08. The Bertz CT molecular complexity index is 970. The molecule has 0 spiro atoms. The highest BCUT2D eigenvalue weighted by Gasteiger charge is 2.28. The van der Waals surface area contributed by atoms with Crippen molar-refractivity contribution in [2.24, 2.45) is 0 Å². The predicted octanol–water partition coefficient (Wildman–Crippen LogP) is 1.78. The second-order valence-electron chi connectivity index (χ2n) is 8.54. The van der Waals surface area contributed by atoms with Gasteiger partial charge in [0.1, 0.15) is 29.7 Å². The highest BCUT2D eigenvalue weighted by Crippen LogP contribution is 2.23. The van der Waals surface area contributed by atoms with E-state index in [1.54, 1.807) is 71.2 Å². The fourth-order valence-electron chi connectivity index (χ4n) is 3.14. The molecule has 4 N–H and O–H groups in total. The van der Waals surface area contributed by atoms with Gasteiger partial charge in [0.2, 0.25) is 0 Å². The Hall–Kier alpha value is -3.24. The molecule has 1 amide bonds. The number of nitrogens with one attached hydrogen (secondary N) is 1. The third-order valence-electron chi connectivity index (χ3n) is 4.71. The number of carboxylic acid groups (broad SMARTS) is 1. The summed E-state index contributed by atoms with van der Waals surface area (Å²) in [6.45, 7) is 6.79. The number of ether oxygens (including phenoxy) is 3. The molecule has 0 aliphatic heterocycles. The van der Waals surface area contributed by atoms with Crippen LogP contribution >= 0.6 is 0 Å². The van der Waals surface area contributed by atoms with Gasteiger partial charge >= 0.3 is 19.2 Å². The molecule has 10 heteroatoms. The van der Waals surface area contributed by atoms with Gasteiger partial charge in [-0.3, -0.25) is 0 Å². The molecule has 9 nitrogen and oxygen atoms in total. The Morgan fingerprint density at radius 3 is 2.24 bits per heavy atom. The minimum absolute atomic E-state index is 0.0946. The Morgan fingerprint density at radius 2 is 1.73 bits per heavy atom. The molecule has 0 saturated heterocycles. The van der Waals surface area contributed by atoms with Gasteiger partial charge in [-0.15, -0.1) is 0 Å². The molecule has 2 rings (SSSR count). The molecule has 178 valence electrons. The maximum Gasteiger partial charge on any atom is 0.492 e. The number of benzene rings is 2. The molecule has 0 unspecified atom stereocenters. The first-order chi connectivity index (χ1) is 15.4. The van der Waals surface area contributed by atoms with Crippen LogP contribution in [0.1, 0.15) is 37.5 Å². The second-order valence-corrected chi connectivity index (χ2v) is 8.54. The van der Waals surface area contributed by atoms with E-state index in [-0.39, 0.29) is 24.2 Å². The standard InChI is InChI=1S/C23H30BNO8/c1-14-6-9-16(12-18(21(26)27)25-22(28)33-23(2,3)4)20(19(14)24(29)30)32-13-15-7-10-17(31-5)11-8-15/h6-11,18,29-30H,12-13H2,1-5H3,(H,25,28)(H,26,27)/t18-/m0/s1. The maximum atomic E-state index is 12.1. The van der Waals surface area contributed by atoms with Gasteiger partial charge in [0, 0.05) is 11.9 Å². The van der Waals surface area contributed by atoms with Gasteiger partial charge in [0.15, 0.2) is 0 Å². The second kappa shape index (κ2) is 11.1.